The summed E-state index contributed by atoms with van der Waals surface area (Å²) in [5.74, 6) is 1.16. The van der Waals surface area contributed by atoms with Crippen molar-refractivity contribution >= 4 is 23.7 Å². The van der Waals surface area contributed by atoms with Gasteiger partial charge in [-0.15, -0.1) is 0 Å². The molecule has 3 aliphatic rings. The maximum Gasteiger partial charge on any atom is 0.262 e. The highest BCUT2D eigenvalue weighted by Crippen LogP contribution is 2.41. The summed E-state index contributed by atoms with van der Waals surface area (Å²) in [5, 5.41) is 15.1. The van der Waals surface area contributed by atoms with E-state index in [9.17, 15) is 4.79 Å². The molecule has 34 heavy (non-hydrogen) atoms. The lowest BCUT2D eigenvalue weighted by molar-refractivity contribution is 0.102. The molecule has 1 amide bonds. The third-order valence-corrected chi connectivity index (χ3v) is 6.95. The van der Waals surface area contributed by atoms with Crippen LogP contribution in [0.15, 0.2) is 36.5 Å². The second-order valence-electron chi connectivity index (χ2n) is 9.67. The predicted octanol–water partition coefficient (Wildman–Crippen LogP) is 4.04. The summed E-state index contributed by atoms with van der Waals surface area (Å²) in [6.45, 7) is 6.78. The maximum atomic E-state index is 15.2. The number of likely N-dealkylation sites (tertiary alicyclic amines) is 1. The normalized spacial score (nSPS) is 18.0. The molecule has 0 spiro atoms. The molecule has 8 nitrogen and oxygen atoms in total. The van der Waals surface area contributed by atoms with Gasteiger partial charge in [-0.1, -0.05) is 6.07 Å². The summed E-state index contributed by atoms with van der Waals surface area (Å²) in [7, 11) is 0. The molecule has 2 aromatic heterocycles. The van der Waals surface area contributed by atoms with Crippen LogP contribution in [-0.2, 0) is 0 Å². The fourth-order valence-corrected chi connectivity index (χ4v) is 4.67. The van der Waals surface area contributed by atoms with E-state index in [1.807, 2.05) is 24.4 Å². The molecule has 1 saturated heterocycles. The first-order valence-electron chi connectivity index (χ1n) is 11.9. The fourth-order valence-electron chi connectivity index (χ4n) is 4.67. The van der Waals surface area contributed by atoms with Gasteiger partial charge in [0.25, 0.3) is 5.91 Å². The van der Waals surface area contributed by atoms with Crippen molar-refractivity contribution in [3.63, 3.8) is 0 Å². The van der Waals surface area contributed by atoms with Gasteiger partial charge in [-0.2, -0.15) is 10.2 Å². The van der Waals surface area contributed by atoms with E-state index < -0.39 is 0 Å². The van der Waals surface area contributed by atoms with Gasteiger partial charge in [-0.05, 0) is 56.4 Å². The molecule has 9 heteroatoms. The third-order valence-electron chi connectivity index (χ3n) is 6.95. The Morgan fingerprint density at radius 2 is 2.03 bits per heavy atom. The number of carbonyl (C=O) groups excluding carboxylic acids is 1. The average molecular weight is 462 g/mol. The highest BCUT2D eigenvalue weighted by atomic mass is 19.1. The van der Waals surface area contributed by atoms with E-state index >= 15 is 4.39 Å². The van der Waals surface area contributed by atoms with Gasteiger partial charge in [-0.3, -0.25) is 9.69 Å². The standard InChI is InChI=1S/C25H28FN7O/c1-15(2)31-13-18(14-31)21-11-23(29-25(34)19-12-28-32-9-3-8-27-24(19)32)33(30-21)22-7-6-17(10-20(22)26)16-4-5-16/h3,6-7,9-12,15-16,18,27H,4-5,8,13-14H2,1-2H3,(H,29,34). The lowest BCUT2D eigenvalue weighted by atomic mass is 9.95. The first kappa shape index (κ1) is 21.1. The van der Waals surface area contributed by atoms with E-state index in [2.05, 4.69) is 34.5 Å². The first-order chi connectivity index (χ1) is 16.5. The Labute approximate surface area is 197 Å². The lowest BCUT2D eigenvalue weighted by Crippen LogP contribution is -2.48. The lowest BCUT2D eigenvalue weighted by Gasteiger charge is -2.41. The number of carbonyl (C=O) groups is 1. The molecule has 0 unspecified atom stereocenters. The summed E-state index contributed by atoms with van der Waals surface area (Å²) in [6, 6.07) is 7.69. The van der Waals surface area contributed by atoms with Crippen LogP contribution >= 0.6 is 0 Å². The molecule has 1 saturated carbocycles. The van der Waals surface area contributed by atoms with Crippen LogP contribution in [0.4, 0.5) is 16.0 Å². The molecular formula is C25H28FN7O. The zero-order valence-electron chi connectivity index (χ0n) is 19.3. The summed E-state index contributed by atoms with van der Waals surface area (Å²) < 4.78 is 18.4. The van der Waals surface area contributed by atoms with Crippen molar-refractivity contribution in [1.29, 1.82) is 0 Å². The minimum atomic E-state index is -0.332. The number of aromatic nitrogens is 4. The summed E-state index contributed by atoms with van der Waals surface area (Å²) in [6.07, 6.45) is 7.50. The molecule has 1 aliphatic carbocycles. The zero-order valence-corrected chi connectivity index (χ0v) is 19.3. The van der Waals surface area contributed by atoms with Gasteiger partial charge in [0.15, 0.2) is 0 Å². The Kier molecular flexibility index (Phi) is 5.02. The SMILES string of the molecule is CC(C)N1CC(c2cc(NC(=O)c3cnn4c3NCC=C4)n(-c3ccc(C4CC4)cc3F)n2)C1. The van der Waals surface area contributed by atoms with Crippen molar-refractivity contribution in [2.75, 3.05) is 30.3 Å². The molecule has 176 valence electrons. The van der Waals surface area contributed by atoms with Crippen LogP contribution < -0.4 is 10.6 Å². The fraction of sp³-hybridized carbons (Fsp3) is 0.400. The van der Waals surface area contributed by atoms with Crippen LogP contribution in [-0.4, -0.2) is 56.0 Å². The van der Waals surface area contributed by atoms with Crippen molar-refractivity contribution in [1.82, 2.24) is 24.5 Å². The Morgan fingerprint density at radius 1 is 1.21 bits per heavy atom. The molecule has 2 N–H and O–H groups in total. The Morgan fingerprint density at radius 3 is 2.76 bits per heavy atom. The second kappa shape index (κ2) is 8.09. The minimum absolute atomic E-state index is 0.254. The van der Waals surface area contributed by atoms with Crippen LogP contribution in [0.25, 0.3) is 11.9 Å². The number of hydrogen-bond acceptors (Lipinski definition) is 5. The van der Waals surface area contributed by atoms with Gasteiger partial charge in [0.1, 0.15) is 28.7 Å². The number of amides is 1. The predicted molar refractivity (Wildman–Crippen MR) is 129 cm³/mol. The number of fused-ring (bicyclic) bond motifs is 1. The first-order valence-corrected chi connectivity index (χ1v) is 11.9. The quantitative estimate of drug-likeness (QED) is 0.579. The molecule has 6 rings (SSSR count). The van der Waals surface area contributed by atoms with Gasteiger partial charge in [-0.25, -0.2) is 13.8 Å². The molecular weight excluding hydrogens is 433 g/mol. The molecule has 0 radical (unpaired) electrons. The van der Waals surface area contributed by atoms with E-state index in [0.29, 0.717) is 41.4 Å². The third kappa shape index (κ3) is 3.69. The average Bonchev–Trinajstić information content (AvgIpc) is 3.42. The monoisotopic (exact) mass is 461 g/mol. The van der Waals surface area contributed by atoms with Crippen molar-refractivity contribution in [2.24, 2.45) is 0 Å². The van der Waals surface area contributed by atoms with E-state index in [4.69, 9.17) is 5.10 Å². The van der Waals surface area contributed by atoms with Crippen molar-refractivity contribution in [3.8, 4) is 5.69 Å². The molecule has 2 fully saturated rings. The second-order valence-corrected chi connectivity index (χ2v) is 9.67. The van der Waals surface area contributed by atoms with Gasteiger partial charge >= 0.3 is 0 Å². The number of anilines is 2. The number of nitrogens with zero attached hydrogens (tertiary/aromatic N) is 5. The van der Waals surface area contributed by atoms with E-state index in [1.165, 1.54) is 10.9 Å². The van der Waals surface area contributed by atoms with Gasteiger partial charge in [0.2, 0.25) is 0 Å². The number of rotatable bonds is 6. The number of nitrogens with one attached hydrogen (secondary N) is 2. The number of hydrogen-bond donors (Lipinski definition) is 2. The summed E-state index contributed by atoms with van der Waals surface area (Å²) >= 11 is 0. The van der Waals surface area contributed by atoms with Crippen molar-refractivity contribution in [2.45, 2.75) is 44.6 Å². The number of halogens is 1. The van der Waals surface area contributed by atoms with Gasteiger partial charge < -0.3 is 10.6 Å². The smallest absolute Gasteiger partial charge is 0.262 e. The molecule has 2 aliphatic heterocycles. The van der Waals surface area contributed by atoms with E-state index in [-0.39, 0.29) is 17.6 Å². The van der Waals surface area contributed by atoms with E-state index in [0.717, 1.165) is 37.2 Å². The zero-order chi connectivity index (χ0) is 23.4. The van der Waals surface area contributed by atoms with Crippen molar-refractivity contribution < 1.29 is 9.18 Å². The van der Waals surface area contributed by atoms with Crippen LogP contribution in [0, 0.1) is 5.82 Å². The largest absolute Gasteiger partial charge is 0.366 e. The van der Waals surface area contributed by atoms with Crippen LogP contribution in [0.2, 0.25) is 0 Å². The van der Waals surface area contributed by atoms with Crippen LogP contribution in [0.3, 0.4) is 0 Å². The molecule has 4 heterocycles. The van der Waals surface area contributed by atoms with Crippen molar-refractivity contribution in [3.05, 3.63) is 59.2 Å². The van der Waals surface area contributed by atoms with Gasteiger partial charge in [0.05, 0.1) is 11.9 Å². The Bertz CT molecular complexity index is 1280. The highest BCUT2D eigenvalue weighted by molar-refractivity contribution is 6.07. The van der Waals surface area contributed by atoms with Crippen LogP contribution in [0.5, 0.6) is 0 Å². The van der Waals surface area contributed by atoms with Gasteiger partial charge in [0, 0.05) is 43.9 Å². The van der Waals surface area contributed by atoms with E-state index in [1.54, 1.807) is 16.8 Å². The highest BCUT2D eigenvalue weighted by Gasteiger charge is 2.33. The molecule has 0 bridgehead atoms. The minimum Gasteiger partial charge on any atom is -0.366 e. The summed E-state index contributed by atoms with van der Waals surface area (Å²) in [5.41, 5.74) is 2.65. The van der Waals surface area contributed by atoms with Crippen LogP contribution in [0.1, 0.15) is 60.1 Å². The summed E-state index contributed by atoms with van der Waals surface area (Å²) in [4.78, 5) is 15.6. The molecule has 1 aromatic carbocycles. The molecule has 0 atom stereocenters. The number of benzene rings is 1. The molecule has 3 aromatic rings. The maximum absolute atomic E-state index is 15.2. The Hall–Kier alpha value is -3.46. The topological polar surface area (TPSA) is 80.0 Å². The Balaban J connectivity index is 1.33.